The third-order valence-corrected chi connectivity index (χ3v) is 9.49. The van der Waals surface area contributed by atoms with Crippen LogP contribution in [0.5, 0.6) is 0 Å². The lowest BCUT2D eigenvalue weighted by atomic mass is 9.92. The molecule has 0 aliphatic rings. The first kappa shape index (κ1) is 47.2. The Morgan fingerprint density at radius 1 is 0.741 bits per heavy atom. The van der Waals surface area contributed by atoms with Gasteiger partial charge in [0.2, 0.25) is 5.91 Å². The Labute approximate surface area is 339 Å². The average Bonchev–Trinajstić information content (AvgIpc) is 3.21. The van der Waals surface area contributed by atoms with E-state index in [9.17, 15) is 44.4 Å². The highest BCUT2D eigenvalue weighted by molar-refractivity contribution is 5.89. The van der Waals surface area contributed by atoms with Gasteiger partial charge in [-0.05, 0) is 49.8 Å². The molecule has 3 aromatic rings. The second kappa shape index (κ2) is 22.7. The number of amides is 3. The summed E-state index contributed by atoms with van der Waals surface area (Å²) in [6.07, 6.45) is -8.30. The Balaban J connectivity index is 1.64. The third kappa shape index (κ3) is 14.6. The van der Waals surface area contributed by atoms with Crippen LogP contribution in [0, 0.1) is 5.92 Å². The Kier molecular flexibility index (Phi) is 18.4. The number of nitrogens with two attached hydrogens (primary N) is 1. The number of nitrogens with one attached hydrogen (secondary N) is 3. The van der Waals surface area contributed by atoms with E-state index in [-0.39, 0.29) is 31.0 Å². The van der Waals surface area contributed by atoms with E-state index in [1.165, 1.54) is 0 Å². The van der Waals surface area contributed by atoms with Crippen LogP contribution in [0.4, 0.5) is 4.79 Å². The molecule has 0 aliphatic carbocycles. The van der Waals surface area contributed by atoms with E-state index >= 15 is 0 Å². The van der Waals surface area contributed by atoms with E-state index < -0.39 is 84.7 Å². The van der Waals surface area contributed by atoms with Crippen molar-refractivity contribution in [1.29, 1.82) is 0 Å². The van der Waals surface area contributed by atoms with E-state index in [4.69, 9.17) is 15.2 Å². The summed E-state index contributed by atoms with van der Waals surface area (Å²) in [6.45, 7) is 7.77. The maximum Gasteiger partial charge on any atom is 0.408 e. The van der Waals surface area contributed by atoms with Crippen LogP contribution >= 0.6 is 0 Å². The van der Waals surface area contributed by atoms with Crippen molar-refractivity contribution in [2.75, 3.05) is 6.61 Å². The number of rotatable bonds is 21. The van der Waals surface area contributed by atoms with Crippen LogP contribution in [0.3, 0.4) is 0 Å². The number of alkyl carbamates (subject to hydrolysis) is 1. The van der Waals surface area contributed by atoms with Gasteiger partial charge in [0.05, 0.1) is 37.2 Å². The third-order valence-electron chi connectivity index (χ3n) is 9.49. The molecule has 0 saturated carbocycles. The van der Waals surface area contributed by atoms with Gasteiger partial charge >= 0.3 is 12.1 Å². The topological polar surface area (TPSA) is 247 Å². The minimum Gasteiger partial charge on any atom is -0.452 e. The smallest absolute Gasteiger partial charge is 0.408 e. The fourth-order valence-electron chi connectivity index (χ4n) is 6.03. The number of hydrogen-bond donors (Lipinski definition) is 8. The monoisotopic (exact) mass is 806 g/mol. The molecule has 15 heteroatoms. The standard InChI is InChI=1S/C43H58N4O11/c1-6-26(2)35(47-42(56)58-43(3,4)5)33(49)23-22-30(44)40(54)46-32(25-48)36(51)37(52)38(53)41(55)45-31(27-16-10-7-11-17-27)24-34(50)57-39(28-18-12-8-13-19-28)29-20-14-9-15-21-29/h7-21,26,30-32,35-39,48,51-53H,6,22-25,44H2,1-5H3,(H,45,55)(H,46,54)(H,47,56)/t26-,30-,31-,32-,35-,36+,37+,38-/m0/s1. The lowest BCUT2D eigenvalue weighted by molar-refractivity contribution is -0.149. The van der Waals surface area contributed by atoms with Gasteiger partial charge in [0, 0.05) is 6.42 Å². The molecule has 0 aliphatic heterocycles. The predicted molar refractivity (Wildman–Crippen MR) is 215 cm³/mol. The number of Topliss-reactive ketones (excluding diaryl/α,β-unsaturated/α-hetero) is 1. The van der Waals surface area contributed by atoms with Crippen molar-refractivity contribution in [3.05, 3.63) is 108 Å². The molecule has 8 atom stereocenters. The Morgan fingerprint density at radius 3 is 1.74 bits per heavy atom. The zero-order valence-electron chi connectivity index (χ0n) is 33.6. The van der Waals surface area contributed by atoms with Gasteiger partial charge in [-0.15, -0.1) is 0 Å². The summed E-state index contributed by atoms with van der Waals surface area (Å²) in [5.74, 6) is -3.39. The molecule has 0 fully saturated rings. The summed E-state index contributed by atoms with van der Waals surface area (Å²) in [6, 6.07) is 21.8. The fraction of sp³-hybridized carbons (Fsp3) is 0.465. The van der Waals surface area contributed by atoms with E-state index in [2.05, 4.69) is 16.0 Å². The molecular weight excluding hydrogens is 748 g/mol. The van der Waals surface area contributed by atoms with Crippen LogP contribution in [-0.4, -0.2) is 98.7 Å². The molecule has 0 bridgehead atoms. The summed E-state index contributed by atoms with van der Waals surface area (Å²) in [5, 5.41) is 50.1. The summed E-state index contributed by atoms with van der Waals surface area (Å²) in [7, 11) is 0. The van der Waals surface area contributed by atoms with E-state index in [1.807, 2.05) is 67.6 Å². The van der Waals surface area contributed by atoms with Gasteiger partial charge in [0.25, 0.3) is 5.91 Å². The van der Waals surface area contributed by atoms with Crippen LogP contribution in [0.1, 0.15) is 89.1 Å². The molecule has 0 radical (unpaired) electrons. The largest absolute Gasteiger partial charge is 0.452 e. The van der Waals surface area contributed by atoms with E-state index in [0.29, 0.717) is 12.0 Å². The number of esters is 1. The number of ketones is 1. The molecule has 15 nitrogen and oxygen atoms in total. The van der Waals surface area contributed by atoms with Crippen LogP contribution in [0.2, 0.25) is 0 Å². The quantitative estimate of drug-likeness (QED) is 0.0725. The van der Waals surface area contributed by atoms with E-state index in [1.54, 1.807) is 58.0 Å². The normalized spacial score (nSPS) is 15.7. The van der Waals surface area contributed by atoms with Crippen molar-refractivity contribution in [1.82, 2.24) is 16.0 Å². The number of carbonyl (C=O) groups excluding carboxylic acids is 5. The highest BCUT2D eigenvalue weighted by atomic mass is 16.6. The van der Waals surface area contributed by atoms with Gasteiger partial charge in [0.15, 0.2) is 18.0 Å². The van der Waals surface area contributed by atoms with Gasteiger partial charge in [-0.2, -0.15) is 0 Å². The summed E-state index contributed by atoms with van der Waals surface area (Å²) in [5.41, 5.74) is 7.17. The SMILES string of the molecule is CC[C@H](C)[C@H](NC(=O)OC(C)(C)C)C(=O)CC[C@H](N)C(=O)N[C@@H](CO)[C@@H](O)[C@@H](O)[C@H](O)C(=O)N[C@@H](CC(=O)OC(c1ccccc1)c1ccccc1)c1ccccc1. The highest BCUT2D eigenvalue weighted by Gasteiger charge is 2.38. The second-order valence-corrected chi connectivity index (χ2v) is 15.2. The van der Waals surface area contributed by atoms with Gasteiger partial charge in [0.1, 0.15) is 17.8 Å². The number of hydrogen-bond acceptors (Lipinski definition) is 12. The molecule has 9 N–H and O–H groups in total. The minimum atomic E-state index is -2.29. The molecule has 3 rings (SSSR count). The molecule has 0 heterocycles. The van der Waals surface area contributed by atoms with Crippen molar-refractivity contribution in [2.24, 2.45) is 11.7 Å². The Hall–Kier alpha value is -5.19. The summed E-state index contributed by atoms with van der Waals surface area (Å²) < 4.78 is 11.2. The zero-order valence-corrected chi connectivity index (χ0v) is 33.6. The predicted octanol–water partition coefficient (Wildman–Crippen LogP) is 2.74. The zero-order chi connectivity index (χ0) is 43.0. The molecule has 3 aromatic carbocycles. The lowest BCUT2D eigenvalue weighted by Gasteiger charge is -2.30. The van der Waals surface area contributed by atoms with Crippen LogP contribution in [-0.2, 0) is 28.7 Å². The van der Waals surface area contributed by atoms with Gasteiger partial charge in [-0.3, -0.25) is 19.2 Å². The number of aliphatic hydroxyl groups excluding tert-OH is 4. The maximum atomic E-state index is 13.5. The molecule has 3 amide bonds. The number of ether oxygens (including phenoxy) is 2. The van der Waals surface area contributed by atoms with Crippen molar-refractivity contribution in [3.8, 4) is 0 Å². The van der Waals surface area contributed by atoms with Gasteiger partial charge < -0.3 is 51.6 Å². The molecule has 316 valence electrons. The van der Waals surface area contributed by atoms with Gasteiger partial charge in [-0.1, -0.05) is 111 Å². The Bertz CT molecular complexity index is 1720. The minimum absolute atomic E-state index is 0.170. The van der Waals surface area contributed by atoms with Crippen molar-refractivity contribution in [2.45, 2.75) is 114 Å². The summed E-state index contributed by atoms with van der Waals surface area (Å²) >= 11 is 0. The molecule has 0 saturated heterocycles. The van der Waals surface area contributed by atoms with Crippen LogP contribution < -0.4 is 21.7 Å². The Morgan fingerprint density at radius 2 is 1.26 bits per heavy atom. The first-order valence-electron chi connectivity index (χ1n) is 19.3. The van der Waals surface area contributed by atoms with Crippen molar-refractivity contribution >= 4 is 29.7 Å². The van der Waals surface area contributed by atoms with Crippen LogP contribution in [0.25, 0.3) is 0 Å². The molecule has 0 spiro atoms. The first-order valence-corrected chi connectivity index (χ1v) is 19.3. The van der Waals surface area contributed by atoms with Crippen molar-refractivity contribution < 1.29 is 53.9 Å². The first-order chi connectivity index (χ1) is 27.4. The number of carbonyl (C=O) groups is 5. The highest BCUT2D eigenvalue weighted by Crippen LogP contribution is 2.28. The van der Waals surface area contributed by atoms with E-state index in [0.717, 1.165) is 11.1 Å². The average molecular weight is 807 g/mol. The van der Waals surface area contributed by atoms with Crippen molar-refractivity contribution in [3.63, 3.8) is 0 Å². The number of aliphatic hydroxyl groups is 4. The molecular formula is C43H58N4O11. The summed E-state index contributed by atoms with van der Waals surface area (Å²) in [4.78, 5) is 65.3. The fourth-order valence-corrected chi connectivity index (χ4v) is 6.03. The number of benzene rings is 3. The molecule has 0 aromatic heterocycles. The molecule has 0 unspecified atom stereocenters. The molecule has 58 heavy (non-hydrogen) atoms. The van der Waals surface area contributed by atoms with Gasteiger partial charge in [-0.25, -0.2) is 4.79 Å². The second-order valence-electron chi connectivity index (χ2n) is 15.2. The van der Waals surface area contributed by atoms with Crippen LogP contribution in [0.15, 0.2) is 91.0 Å². The maximum absolute atomic E-state index is 13.5. The lowest BCUT2D eigenvalue weighted by Crippen LogP contribution is -2.58.